The van der Waals surface area contributed by atoms with Gasteiger partial charge in [-0.2, -0.15) is 0 Å². The van der Waals surface area contributed by atoms with E-state index in [4.69, 9.17) is 4.74 Å². The average molecular weight is 315 g/mol. The van der Waals surface area contributed by atoms with E-state index in [-0.39, 0.29) is 18.3 Å². The van der Waals surface area contributed by atoms with E-state index in [2.05, 4.69) is 5.32 Å². The molecule has 0 saturated carbocycles. The first-order valence-electron chi connectivity index (χ1n) is 7.46. The molecular formula is C18H18FNO3. The number of hydrogen-bond acceptors (Lipinski definition) is 3. The van der Waals surface area contributed by atoms with Crippen molar-refractivity contribution < 1.29 is 19.0 Å². The molecule has 2 atom stereocenters. The molecule has 4 nitrogen and oxygen atoms in total. The van der Waals surface area contributed by atoms with Crippen molar-refractivity contribution in [1.82, 2.24) is 5.32 Å². The summed E-state index contributed by atoms with van der Waals surface area (Å²) in [6.07, 6.45) is -0.0721. The van der Waals surface area contributed by atoms with Crippen LogP contribution in [0.1, 0.15) is 18.1 Å². The second kappa shape index (κ2) is 6.01. The molecule has 1 heterocycles. The van der Waals surface area contributed by atoms with E-state index in [1.54, 1.807) is 6.92 Å². The van der Waals surface area contributed by atoms with Gasteiger partial charge in [0, 0.05) is 6.42 Å². The van der Waals surface area contributed by atoms with Crippen molar-refractivity contribution in [2.45, 2.75) is 25.0 Å². The Labute approximate surface area is 133 Å². The van der Waals surface area contributed by atoms with Gasteiger partial charge in [0.05, 0.1) is 6.54 Å². The molecule has 0 aromatic heterocycles. The zero-order valence-electron chi connectivity index (χ0n) is 12.8. The average Bonchev–Trinajstić information content (AvgIpc) is 2.97. The van der Waals surface area contributed by atoms with Gasteiger partial charge in [0.1, 0.15) is 17.2 Å². The Balaban J connectivity index is 1.60. The largest absolute Gasteiger partial charge is 0.480 e. The van der Waals surface area contributed by atoms with Crippen molar-refractivity contribution in [1.29, 1.82) is 0 Å². The van der Waals surface area contributed by atoms with Crippen LogP contribution in [-0.4, -0.2) is 23.7 Å². The van der Waals surface area contributed by atoms with Crippen LogP contribution >= 0.6 is 0 Å². The molecule has 1 aliphatic rings. The summed E-state index contributed by atoms with van der Waals surface area (Å²) in [5, 5.41) is 13.2. The second-order valence-corrected chi connectivity index (χ2v) is 5.92. The van der Waals surface area contributed by atoms with Gasteiger partial charge in [0.15, 0.2) is 6.10 Å². The summed E-state index contributed by atoms with van der Waals surface area (Å²) in [6.45, 7) is 1.60. The summed E-state index contributed by atoms with van der Waals surface area (Å²) in [7, 11) is 0. The number of benzene rings is 2. The summed E-state index contributed by atoms with van der Waals surface area (Å²) >= 11 is 0. The number of para-hydroxylation sites is 1. The van der Waals surface area contributed by atoms with Gasteiger partial charge in [-0.25, -0.2) is 4.39 Å². The Morgan fingerprint density at radius 3 is 2.70 bits per heavy atom. The molecule has 5 heteroatoms. The molecule has 0 aliphatic carbocycles. The van der Waals surface area contributed by atoms with Gasteiger partial charge < -0.3 is 15.2 Å². The lowest BCUT2D eigenvalue weighted by Gasteiger charge is -2.25. The Morgan fingerprint density at radius 2 is 2.00 bits per heavy atom. The number of ether oxygens (including phenoxy) is 1. The number of hydrogen-bond donors (Lipinski definition) is 2. The minimum atomic E-state index is -1.28. The molecule has 2 unspecified atom stereocenters. The first-order chi connectivity index (χ1) is 11.0. The summed E-state index contributed by atoms with van der Waals surface area (Å²) in [5.74, 6) is 0.0761. The monoisotopic (exact) mass is 315 g/mol. The van der Waals surface area contributed by atoms with Crippen molar-refractivity contribution in [3.8, 4) is 5.75 Å². The predicted octanol–water partition coefficient (Wildman–Crippen LogP) is 2.15. The Kier molecular flexibility index (Phi) is 4.05. The minimum absolute atomic E-state index is 0.0215. The maximum Gasteiger partial charge on any atom is 0.261 e. The fraction of sp³-hybridized carbons (Fsp3) is 0.278. The molecule has 2 N–H and O–H groups in total. The third-order valence-electron chi connectivity index (χ3n) is 4.01. The van der Waals surface area contributed by atoms with E-state index in [0.717, 1.165) is 11.3 Å². The van der Waals surface area contributed by atoms with Gasteiger partial charge in [-0.15, -0.1) is 0 Å². The molecule has 1 aliphatic heterocycles. The Hall–Kier alpha value is -2.40. The fourth-order valence-electron chi connectivity index (χ4n) is 2.61. The van der Waals surface area contributed by atoms with Gasteiger partial charge in [0.2, 0.25) is 0 Å². The normalized spacial score (nSPS) is 18.7. The summed E-state index contributed by atoms with van der Waals surface area (Å²) in [6, 6.07) is 13.1. The number of fused-ring (bicyclic) bond motifs is 1. The molecule has 0 saturated heterocycles. The summed E-state index contributed by atoms with van der Waals surface area (Å²) in [4.78, 5) is 12.2. The van der Waals surface area contributed by atoms with Crippen LogP contribution in [0.4, 0.5) is 4.39 Å². The van der Waals surface area contributed by atoms with Crippen LogP contribution in [0.2, 0.25) is 0 Å². The van der Waals surface area contributed by atoms with Crippen LogP contribution in [-0.2, 0) is 16.8 Å². The quantitative estimate of drug-likeness (QED) is 0.909. The number of aliphatic hydroxyl groups is 1. The van der Waals surface area contributed by atoms with Gasteiger partial charge in [-0.1, -0.05) is 30.3 Å². The SMILES string of the molecule is CC(O)(CNC(=O)C1Cc2ccccc2O1)c1ccc(F)cc1. The lowest BCUT2D eigenvalue weighted by atomic mass is 9.96. The van der Waals surface area contributed by atoms with E-state index in [0.29, 0.717) is 12.0 Å². The lowest BCUT2D eigenvalue weighted by Crippen LogP contribution is -2.44. The number of nitrogens with one attached hydrogen (secondary N) is 1. The number of rotatable bonds is 4. The summed E-state index contributed by atoms with van der Waals surface area (Å²) in [5.41, 5.74) is 0.252. The van der Waals surface area contributed by atoms with Crippen LogP contribution in [0.15, 0.2) is 48.5 Å². The topological polar surface area (TPSA) is 58.6 Å². The molecule has 2 aromatic carbocycles. The zero-order valence-corrected chi connectivity index (χ0v) is 12.8. The van der Waals surface area contributed by atoms with Gasteiger partial charge in [0.25, 0.3) is 5.91 Å². The smallest absolute Gasteiger partial charge is 0.261 e. The Morgan fingerprint density at radius 1 is 1.30 bits per heavy atom. The van der Waals surface area contributed by atoms with Crippen LogP contribution in [0.3, 0.4) is 0 Å². The van der Waals surface area contributed by atoms with E-state index in [1.165, 1.54) is 24.3 Å². The standard InChI is InChI=1S/C18H18FNO3/c1-18(22,13-6-8-14(19)9-7-13)11-20-17(21)16-10-12-4-2-3-5-15(12)23-16/h2-9,16,22H,10-11H2,1H3,(H,20,21). The first kappa shape index (κ1) is 15.5. The highest BCUT2D eigenvalue weighted by Gasteiger charge is 2.31. The number of carbonyl (C=O) groups excluding carboxylic acids is 1. The molecule has 1 amide bonds. The third-order valence-corrected chi connectivity index (χ3v) is 4.01. The van der Waals surface area contributed by atoms with Gasteiger partial charge in [-0.05, 0) is 36.2 Å². The lowest BCUT2D eigenvalue weighted by molar-refractivity contribution is -0.128. The first-order valence-corrected chi connectivity index (χ1v) is 7.46. The molecule has 120 valence electrons. The highest BCUT2D eigenvalue weighted by Crippen LogP contribution is 2.28. The predicted molar refractivity (Wildman–Crippen MR) is 83.5 cm³/mol. The van der Waals surface area contributed by atoms with E-state index in [9.17, 15) is 14.3 Å². The molecule has 2 aromatic rings. The Bertz CT molecular complexity index is 687. The van der Waals surface area contributed by atoms with Crippen LogP contribution in [0.25, 0.3) is 0 Å². The van der Waals surface area contributed by atoms with Crippen molar-refractivity contribution in [3.05, 3.63) is 65.5 Å². The van der Waals surface area contributed by atoms with E-state index in [1.807, 2.05) is 24.3 Å². The van der Waals surface area contributed by atoms with Crippen molar-refractivity contribution >= 4 is 5.91 Å². The van der Waals surface area contributed by atoms with Crippen molar-refractivity contribution in [3.63, 3.8) is 0 Å². The maximum absolute atomic E-state index is 13.0. The van der Waals surface area contributed by atoms with Crippen LogP contribution in [0.5, 0.6) is 5.75 Å². The molecule has 0 radical (unpaired) electrons. The molecule has 0 fully saturated rings. The summed E-state index contributed by atoms with van der Waals surface area (Å²) < 4.78 is 18.6. The van der Waals surface area contributed by atoms with Gasteiger partial charge in [-0.3, -0.25) is 4.79 Å². The molecule has 0 bridgehead atoms. The third kappa shape index (κ3) is 3.35. The van der Waals surface area contributed by atoms with E-state index < -0.39 is 11.7 Å². The number of halogens is 1. The molecule has 23 heavy (non-hydrogen) atoms. The van der Waals surface area contributed by atoms with Crippen molar-refractivity contribution in [2.24, 2.45) is 0 Å². The molecule has 3 rings (SSSR count). The maximum atomic E-state index is 13.0. The minimum Gasteiger partial charge on any atom is -0.480 e. The number of carbonyl (C=O) groups is 1. The second-order valence-electron chi connectivity index (χ2n) is 5.92. The fourth-order valence-corrected chi connectivity index (χ4v) is 2.61. The highest BCUT2D eigenvalue weighted by atomic mass is 19.1. The van der Waals surface area contributed by atoms with Crippen molar-refractivity contribution in [2.75, 3.05) is 6.54 Å². The highest BCUT2D eigenvalue weighted by molar-refractivity contribution is 5.82. The molecule has 0 spiro atoms. The van der Waals surface area contributed by atoms with Gasteiger partial charge >= 0.3 is 0 Å². The van der Waals surface area contributed by atoms with Crippen LogP contribution < -0.4 is 10.1 Å². The van der Waals surface area contributed by atoms with E-state index >= 15 is 0 Å². The van der Waals surface area contributed by atoms with Crippen LogP contribution in [0, 0.1) is 5.82 Å². The molecular weight excluding hydrogens is 297 g/mol. The zero-order chi connectivity index (χ0) is 16.4. The number of amides is 1.